The number of hydrogen-bond donors (Lipinski definition) is 0. The number of rotatable bonds is 4. The maximum absolute atomic E-state index is 5.45. The average molecular weight is 181 g/mol. The van der Waals surface area contributed by atoms with Crippen molar-refractivity contribution in [3.63, 3.8) is 0 Å². The van der Waals surface area contributed by atoms with Crippen molar-refractivity contribution in [2.45, 2.75) is 13.8 Å². The van der Waals surface area contributed by atoms with Gasteiger partial charge in [-0.05, 0) is 5.92 Å². The molecule has 1 rings (SSSR count). The highest BCUT2D eigenvalue weighted by atomic mass is 31.1. The molecule has 0 radical (unpaired) electrons. The van der Waals surface area contributed by atoms with Crippen LogP contribution in [0.2, 0.25) is 0 Å². The van der Waals surface area contributed by atoms with E-state index in [4.69, 9.17) is 4.52 Å². The predicted molar refractivity (Wildman–Crippen MR) is 53.8 cm³/mol. The zero-order valence-corrected chi connectivity index (χ0v) is 8.42. The minimum Gasteiger partial charge on any atom is -0.553 e. The molecule has 0 bridgehead atoms. The van der Waals surface area contributed by atoms with Crippen molar-refractivity contribution in [2.75, 3.05) is 6.61 Å². The van der Waals surface area contributed by atoms with Crippen LogP contribution < -0.4 is 5.30 Å². The molecular formula is C10H14OP-. The molecule has 0 atom stereocenters. The SMILES string of the molecule is CC(C)CO[P-]c1ccccc1. The van der Waals surface area contributed by atoms with Crippen molar-refractivity contribution < 1.29 is 4.52 Å². The Morgan fingerprint density at radius 1 is 1.25 bits per heavy atom. The third-order valence-corrected chi connectivity index (χ3v) is 2.12. The van der Waals surface area contributed by atoms with Crippen molar-refractivity contribution in [3.8, 4) is 0 Å². The van der Waals surface area contributed by atoms with Crippen LogP contribution in [0.15, 0.2) is 30.3 Å². The van der Waals surface area contributed by atoms with Crippen LogP contribution in [0.1, 0.15) is 13.8 Å². The lowest BCUT2D eigenvalue weighted by Crippen LogP contribution is -1.99. The van der Waals surface area contributed by atoms with Gasteiger partial charge in [-0.15, -0.1) is 0 Å². The largest absolute Gasteiger partial charge is 0.553 e. The molecule has 2 heteroatoms. The molecule has 0 unspecified atom stereocenters. The molecule has 0 aliphatic rings. The van der Waals surface area contributed by atoms with E-state index in [1.54, 1.807) is 0 Å². The highest BCUT2D eigenvalue weighted by Crippen LogP contribution is 2.12. The Labute approximate surface area is 76.0 Å². The summed E-state index contributed by atoms with van der Waals surface area (Å²) in [4.78, 5) is 0. The number of benzene rings is 1. The minimum absolute atomic E-state index is 0.612. The van der Waals surface area contributed by atoms with Gasteiger partial charge >= 0.3 is 0 Å². The summed E-state index contributed by atoms with van der Waals surface area (Å²) in [5.74, 6) is 0.612. The molecule has 1 aromatic rings. The number of hydrogen-bond acceptors (Lipinski definition) is 1. The fourth-order valence-corrected chi connectivity index (χ4v) is 1.57. The van der Waals surface area contributed by atoms with Gasteiger partial charge in [-0.25, -0.2) is 0 Å². The van der Waals surface area contributed by atoms with Crippen molar-refractivity contribution in [1.29, 1.82) is 0 Å². The fourth-order valence-electron chi connectivity index (χ4n) is 0.750. The van der Waals surface area contributed by atoms with Gasteiger partial charge in [0.2, 0.25) is 0 Å². The molecule has 0 amide bonds. The molecule has 0 heterocycles. The first-order valence-electron chi connectivity index (χ1n) is 4.17. The molecular weight excluding hydrogens is 167 g/mol. The first kappa shape index (κ1) is 9.70. The molecule has 0 aliphatic carbocycles. The Kier molecular flexibility index (Phi) is 4.27. The van der Waals surface area contributed by atoms with Gasteiger partial charge in [0.15, 0.2) is 0 Å². The molecule has 0 saturated carbocycles. The highest BCUT2D eigenvalue weighted by molar-refractivity contribution is 7.41. The van der Waals surface area contributed by atoms with Crippen molar-refractivity contribution >= 4 is 14.1 Å². The van der Waals surface area contributed by atoms with Gasteiger partial charge in [0, 0.05) is 6.61 Å². The Hall–Kier alpha value is -0.390. The second-order valence-corrected chi connectivity index (χ2v) is 4.07. The van der Waals surface area contributed by atoms with Gasteiger partial charge in [-0.3, -0.25) is 0 Å². The molecule has 0 spiro atoms. The minimum atomic E-state index is 0.612. The van der Waals surface area contributed by atoms with Gasteiger partial charge in [0.05, 0.1) is 0 Å². The molecule has 0 aliphatic heterocycles. The van der Waals surface area contributed by atoms with Crippen LogP contribution in [0.4, 0.5) is 0 Å². The van der Waals surface area contributed by atoms with Crippen LogP contribution in [0, 0.1) is 5.92 Å². The topological polar surface area (TPSA) is 9.23 Å². The summed E-state index contributed by atoms with van der Waals surface area (Å²) in [7, 11) is 0.973. The summed E-state index contributed by atoms with van der Waals surface area (Å²) in [6, 6.07) is 10.2. The molecule has 12 heavy (non-hydrogen) atoms. The Morgan fingerprint density at radius 2 is 1.92 bits per heavy atom. The molecule has 1 nitrogen and oxygen atoms in total. The van der Waals surface area contributed by atoms with Crippen molar-refractivity contribution in [2.24, 2.45) is 5.92 Å². The Bertz CT molecular complexity index is 208. The van der Waals surface area contributed by atoms with E-state index in [9.17, 15) is 0 Å². The van der Waals surface area contributed by atoms with E-state index >= 15 is 0 Å². The van der Waals surface area contributed by atoms with Crippen LogP contribution in [-0.4, -0.2) is 6.61 Å². The molecule has 1 aromatic carbocycles. The second-order valence-electron chi connectivity index (χ2n) is 3.12. The molecule has 0 fully saturated rings. The third kappa shape index (κ3) is 3.85. The van der Waals surface area contributed by atoms with E-state index < -0.39 is 0 Å². The normalized spacial score (nSPS) is 11.6. The second kappa shape index (κ2) is 5.29. The lowest BCUT2D eigenvalue weighted by Gasteiger charge is -2.21. The first-order chi connectivity index (χ1) is 5.79. The summed E-state index contributed by atoms with van der Waals surface area (Å²) in [6.45, 7) is 5.14. The monoisotopic (exact) mass is 181 g/mol. The van der Waals surface area contributed by atoms with E-state index in [1.807, 2.05) is 18.2 Å². The van der Waals surface area contributed by atoms with Crippen LogP contribution in [0.25, 0.3) is 0 Å². The lowest BCUT2D eigenvalue weighted by atomic mass is 10.2. The average Bonchev–Trinajstić information content (AvgIpc) is 2.05. The van der Waals surface area contributed by atoms with Crippen LogP contribution in [0.5, 0.6) is 0 Å². The van der Waals surface area contributed by atoms with E-state index in [0.29, 0.717) is 5.92 Å². The molecule has 0 saturated heterocycles. The summed E-state index contributed by atoms with van der Waals surface area (Å²) in [5.41, 5.74) is 0. The van der Waals surface area contributed by atoms with Crippen LogP contribution in [0.3, 0.4) is 0 Å². The first-order valence-corrected chi connectivity index (χ1v) is 4.98. The van der Waals surface area contributed by atoms with E-state index in [1.165, 1.54) is 5.30 Å². The van der Waals surface area contributed by atoms with Gasteiger partial charge in [-0.1, -0.05) is 44.2 Å². The highest BCUT2D eigenvalue weighted by Gasteiger charge is 1.85. The van der Waals surface area contributed by atoms with E-state index in [0.717, 1.165) is 15.4 Å². The van der Waals surface area contributed by atoms with Gasteiger partial charge in [0.1, 0.15) is 0 Å². The Balaban J connectivity index is 2.25. The molecule has 0 aromatic heterocycles. The van der Waals surface area contributed by atoms with Crippen LogP contribution in [-0.2, 0) is 4.52 Å². The zero-order chi connectivity index (χ0) is 8.81. The summed E-state index contributed by atoms with van der Waals surface area (Å²) < 4.78 is 5.45. The summed E-state index contributed by atoms with van der Waals surface area (Å²) in [5, 5.41) is 1.22. The van der Waals surface area contributed by atoms with E-state index in [-0.39, 0.29) is 0 Å². The summed E-state index contributed by atoms with van der Waals surface area (Å²) >= 11 is 0. The predicted octanol–water partition coefficient (Wildman–Crippen LogP) is 2.85. The van der Waals surface area contributed by atoms with E-state index in [2.05, 4.69) is 26.0 Å². The Morgan fingerprint density at radius 3 is 2.50 bits per heavy atom. The molecule has 66 valence electrons. The quantitative estimate of drug-likeness (QED) is 0.649. The zero-order valence-electron chi connectivity index (χ0n) is 7.53. The third-order valence-electron chi connectivity index (χ3n) is 1.33. The van der Waals surface area contributed by atoms with Gasteiger partial charge in [-0.2, -0.15) is 5.30 Å². The molecule has 0 N–H and O–H groups in total. The smallest absolute Gasteiger partial charge is 0.0141 e. The standard InChI is InChI=1S/C10H14OP/c1-9(2)8-11-12-10-6-4-3-5-7-10/h3-7,9H,8H2,1-2H3/q-1. The van der Waals surface area contributed by atoms with Crippen molar-refractivity contribution in [3.05, 3.63) is 30.3 Å². The fraction of sp³-hybridized carbons (Fsp3) is 0.400. The van der Waals surface area contributed by atoms with Crippen molar-refractivity contribution in [1.82, 2.24) is 0 Å². The van der Waals surface area contributed by atoms with Crippen LogP contribution >= 0.6 is 8.81 Å². The summed E-state index contributed by atoms with van der Waals surface area (Å²) in [6.07, 6.45) is 0. The van der Waals surface area contributed by atoms with Gasteiger partial charge < -0.3 is 13.3 Å². The maximum atomic E-state index is 5.45. The maximum Gasteiger partial charge on any atom is 0.0141 e. The lowest BCUT2D eigenvalue weighted by molar-refractivity contribution is 0.309. The van der Waals surface area contributed by atoms with Gasteiger partial charge in [0.25, 0.3) is 0 Å².